The number of hydrogen-bond donors (Lipinski definition) is 0. The zero-order valence-electron chi connectivity index (χ0n) is 18.4. The molecular formula is C20H29N5O4S2. The molecule has 2 fully saturated rings. The number of amides is 1. The monoisotopic (exact) mass is 467 g/mol. The molecular weight excluding hydrogens is 438 g/mol. The average molecular weight is 468 g/mol. The highest BCUT2D eigenvalue weighted by Gasteiger charge is 2.32. The fraction of sp³-hybridized carbons (Fsp3) is 0.600. The summed E-state index contributed by atoms with van der Waals surface area (Å²) in [5.74, 6) is -0.0410. The van der Waals surface area contributed by atoms with Crippen molar-refractivity contribution in [1.29, 1.82) is 0 Å². The Morgan fingerprint density at radius 1 is 1.06 bits per heavy atom. The van der Waals surface area contributed by atoms with Gasteiger partial charge in [0.25, 0.3) is 5.91 Å². The van der Waals surface area contributed by atoms with E-state index in [9.17, 15) is 13.2 Å². The molecule has 2 saturated heterocycles. The second-order valence-electron chi connectivity index (χ2n) is 8.08. The number of piperazine rings is 1. The summed E-state index contributed by atoms with van der Waals surface area (Å²) in [4.78, 5) is 22.4. The molecule has 4 rings (SSSR count). The van der Waals surface area contributed by atoms with Gasteiger partial charge >= 0.3 is 0 Å². The minimum absolute atomic E-state index is 0.0410. The van der Waals surface area contributed by atoms with Gasteiger partial charge in [0.05, 0.1) is 24.6 Å². The Morgan fingerprint density at radius 3 is 2.35 bits per heavy atom. The maximum atomic E-state index is 13.3. The first kappa shape index (κ1) is 22.4. The third kappa shape index (κ3) is 4.17. The van der Waals surface area contributed by atoms with Gasteiger partial charge in [-0.2, -0.15) is 4.31 Å². The van der Waals surface area contributed by atoms with Crippen molar-refractivity contribution in [1.82, 2.24) is 23.7 Å². The highest BCUT2D eigenvalue weighted by molar-refractivity contribution is 7.89. The van der Waals surface area contributed by atoms with Gasteiger partial charge in [-0.15, -0.1) is 11.3 Å². The first-order chi connectivity index (χ1) is 14.7. The van der Waals surface area contributed by atoms with E-state index in [1.165, 1.54) is 11.3 Å². The molecule has 4 heterocycles. The molecule has 2 aromatic rings. The lowest BCUT2D eigenvalue weighted by Crippen LogP contribution is -2.47. The quantitative estimate of drug-likeness (QED) is 0.671. The Balaban J connectivity index is 1.65. The molecule has 0 spiro atoms. The van der Waals surface area contributed by atoms with Gasteiger partial charge in [0.1, 0.15) is 14.8 Å². The van der Waals surface area contributed by atoms with Crippen molar-refractivity contribution >= 4 is 27.3 Å². The zero-order valence-corrected chi connectivity index (χ0v) is 20.1. The van der Waals surface area contributed by atoms with Gasteiger partial charge < -0.3 is 19.1 Å². The molecule has 0 radical (unpaired) electrons. The van der Waals surface area contributed by atoms with Crippen molar-refractivity contribution in [2.75, 3.05) is 59.5 Å². The van der Waals surface area contributed by atoms with Crippen LogP contribution in [-0.4, -0.2) is 97.5 Å². The van der Waals surface area contributed by atoms with Gasteiger partial charge in [-0.25, -0.2) is 13.4 Å². The van der Waals surface area contributed by atoms with Gasteiger partial charge in [0.2, 0.25) is 10.0 Å². The number of hydrogen-bond acceptors (Lipinski definition) is 7. The molecule has 0 unspecified atom stereocenters. The van der Waals surface area contributed by atoms with Gasteiger partial charge in [0, 0.05) is 52.0 Å². The third-order valence-electron chi connectivity index (χ3n) is 6.08. The third-order valence-corrected chi connectivity index (χ3v) is 9.26. The molecule has 2 aromatic heterocycles. The van der Waals surface area contributed by atoms with Crippen LogP contribution in [0.5, 0.6) is 0 Å². The van der Waals surface area contributed by atoms with Crippen LogP contribution in [0.1, 0.15) is 21.1 Å². The Hall–Kier alpha value is -1.79. The molecule has 0 N–H and O–H groups in total. The zero-order chi connectivity index (χ0) is 22.3. The lowest BCUT2D eigenvalue weighted by Gasteiger charge is -2.31. The molecule has 0 atom stereocenters. The summed E-state index contributed by atoms with van der Waals surface area (Å²) >= 11 is 1.32. The van der Waals surface area contributed by atoms with Crippen molar-refractivity contribution in [2.45, 2.75) is 18.7 Å². The molecule has 2 aliphatic heterocycles. The summed E-state index contributed by atoms with van der Waals surface area (Å²) in [6, 6.07) is 1.70. The van der Waals surface area contributed by atoms with E-state index in [2.05, 4.69) is 9.88 Å². The lowest BCUT2D eigenvalue weighted by atomic mass is 10.3. The summed E-state index contributed by atoms with van der Waals surface area (Å²) < 4.78 is 35.3. The van der Waals surface area contributed by atoms with Gasteiger partial charge in [-0.1, -0.05) is 0 Å². The number of aryl methyl sites for hydroxylation is 1. The minimum Gasteiger partial charge on any atom is -0.378 e. The Bertz CT molecular complexity index is 1080. The first-order valence-corrected chi connectivity index (χ1v) is 12.7. The largest absolute Gasteiger partial charge is 0.378 e. The lowest BCUT2D eigenvalue weighted by molar-refractivity contribution is 0.0305. The summed E-state index contributed by atoms with van der Waals surface area (Å²) in [5.41, 5.74) is 2.04. The van der Waals surface area contributed by atoms with Crippen molar-refractivity contribution in [3.05, 3.63) is 22.3 Å². The van der Waals surface area contributed by atoms with Gasteiger partial charge in [-0.05, 0) is 27.0 Å². The van der Waals surface area contributed by atoms with E-state index >= 15 is 0 Å². The SMILES string of the molecule is Cc1nc(-c2cc(S(=O)(=O)N3CCN(C)CC3)c(C)n2C)sc1C(=O)N1CCOCC1. The van der Waals surface area contributed by atoms with Gasteiger partial charge in [-0.3, -0.25) is 4.79 Å². The topological polar surface area (TPSA) is 88.0 Å². The number of likely N-dealkylation sites (N-methyl/N-ethyl adjacent to an activating group) is 1. The van der Waals surface area contributed by atoms with E-state index in [-0.39, 0.29) is 5.91 Å². The molecule has 31 heavy (non-hydrogen) atoms. The Kier molecular flexibility index (Phi) is 6.23. The summed E-state index contributed by atoms with van der Waals surface area (Å²) in [7, 11) is 0.249. The van der Waals surface area contributed by atoms with Crippen molar-refractivity contribution in [2.24, 2.45) is 7.05 Å². The predicted molar refractivity (Wildman–Crippen MR) is 119 cm³/mol. The van der Waals surface area contributed by atoms with Crippen molar-refractivity contribution in [3.8, 4) is 10.7 Å². The number of nitrogens with zero attached hydrogens (tertiary/aromatic N) is 5. The van der Waals surface area contributed by atoms with E-state index < -0.39 is 10.0 Å². The number of thiazole rings is 1. The number of sulfonamides is 1. The van der Waals surface area contributed by atoms with Crippen LogP contribution in [-0.2, 0) is 21.8 Å². The number of carbonyl (C=O) groups is 1. The van der Waals surface area contributed by atoms with Crippen molar-refractivity contribution in [3.63, 3.8) is 0 Å². The van der Waals surface area contributed by atoms with E-state index in [0.29, 0.717) is 71.3 Å². The van der Waals surface area contributed by atoms with E-state index in [0.717, 1.165) is 13.1 Å². The fourth-order valence-electron chi connectivity index (χ4n) is 3.92. The van der Waals surface area contributed by atoms with E-state index in [4.69, 9.17) is 4.74 Å². The summed E-state index contributed by atoms with van der Waals surface area (Å²) in [5, 5.41) is 0.652. The number of aromatic nitrogens is 2. The van der Waals surface area contributed by atoms with Gasteiger partial charge in [0.15, 0.2) is 0 Å². The molecule has 0 bridgehead atoms. The second kappa shape index (κ2) is 8.62. The van der Waals surface area contributed by atoms with E-state index in [1.54, 1.807) is 15.3 Å². The predicted octanol–water partition coefficient (Wildman–Crippen LogP) is 1.17. The molecule has 0 aromatic carbocycles. The molecule has 1 amide bonds. The normalized spacial score (nSPS) is 19.2. The molecule has 9 nitrogen and oxygen atoms in total. The molecule has 170 valence electrons. The highest BCUT2D eigenvalue weighted by atomic mass is 32.2. The molecule has 2 aliphatic rings. The second-order valence-corrected chi connectivity index (χ2v) is 11.0. The average Bonchev–Trinajstić information content (AvgIpc) is 3.28. The molecule has 0 saturated carbocycles. The van der Waals surface area contributed by atoms with Crippen LogP contribution in [0.3, 0.4) is 0 Å². The molecule has 0 aliphatic carbocycles. The van der Waals surface area contributed by atoms with Crippen LogP contribution in [0, 0.1) is 13.8 Å². The maximum absolute atomic E-state index is 13.3. The van der Waals surface area contributed by atoms with Crippen LogP contribution < -0.4 is 0 Å². The number of carbonyl (C=O) groups excluding carboxylic acids is 1. The summed E-state index contributed by atoms with van der Waals surface area (Å²) in [6.07, 6.45) is 0. The minimum atomic E-state index is -3.59. The van der Waals surface area contributed by atoms with Crippen molar-refractivity contribution < 1.29 is 17.9 Å². The van der Waals surface area contributed by atoms with E-state index in [1.807, 2.05) is 32.5 Å². The Morgan fingerprint density at radius 2 is 1.71 bits per heavy atom. The number of morpholine rings is 1. The molecule has 11 heteroatoms. The van der Waals surface area contributed by atoms with Crippen LogP contribution in [0.4, 0.5) is 0 Å². The Labute approximate surface area is 187 Å². The van der Waals surface area contributed by atoms with Crippen LogP contribution in [0.15, 0.2) is 11.0 Å². The van der Waals surface area contributed by atoms with Crippen LogP contribution >= 0.6 is 11.3 Å². The number of rotatable bonds is 4. The van der Waals surface area contributed by atoms with Crippen LogP contribution in [0.25, 0.3) is 10.7 Å². The highest BCUT2D eigenvalue weighted by Crippen LogP contribution is 2.34. The standard InChI is InChI=1S/C20H29N5O4S2/c1-14-18(20(26)24-9-11-29-12-10-24)30-19(21-14)16-13-17(15(2)23(16)4)31(27,28)25-7-5-22(3)6-8-25/h13H,5-12H2,1-4H3. The van der Waals surface area contributed by atoms with Crippen LogP contribution in [0.2, 0.25) is 0 Å². The maximum Gasteiger partial charge on any atom is 0.266 e. The number of ether oxygens (including phenoxy) is 1. The smallest absolute Gasteiger partial charge is 0.266 e. The fourth-order valence-corrected chi connectivity index (χ4v) is 6.70. The summed E-state index contributed by atoms with van der Waals surface area (Å²) in [6.45, 7) is 8.27. The first-order valence-electron chi connectivity index (χ1n) is 10.4.